The third-order valence-corrected chi connectivity index (χ3v) is 9.21. The molecular formula is C40H56O27. The lowest BCUT2D eigenvalue weighted by Crippen LogP contribution is -2.66. The first-order valence-corrected chi connectivity index (χ1v) is 20.5. The van der Waals surface area contributed by atoms with E-state index in [-0.39, 0.29) is 0 Å². The molecule has 27 nitrogen and oxygen atoms in total. The molecule has 3 aliphatic rings. The van der Waals surface area contributed by atoms with Crippen molar-refractivity contribution in [2.24, 2.45) is 0 Å². The van der Waals surface area contributed by atoms with Gasteiger partial charge >= 0.3 is 59.7 Å². The molecule has 3 saturated heterocycles. The molecular weight excluding hydrogens is 912 g/mol. The van der Waals surface area contributed by atoms with E-state index in [1.165, 1.54) is 0 Å². The average Bonchev–Trinajstić information content (AvgIpc) is 3.44. The highest BCUT2D eigenvalue weighted by atomic mass is 16.8. The maximum absolute atomic E-state index is 12.8. The molecule has 0 saturated carbocycles. The molecule has 1 N–H and O–H groups in total. The number of aliphatic hydroxyl groups is 1. The Hall–Kier alpha value is -5.58. The standard InChI is InChI=1S/C40H56O27/c1-16(41)52-12-27-30(56-19(4)44)33(59-22(7)47)35(61-24(9)49)38(64-27)54-13-28-31(57-20(5)45)34(60-23(8)48)36(62-25(10)50)39(65-28)67-40(15-55-18(3)43)37(63-26(11)51)32(58-21(6)46)29(66-40)14-53-17(2)42/h24,27-39,49H,12-15H2,1-11H3/t24?,27?,28?,29-,30+,31-,32-,33?,34?,35?,36?,37-,38+,39+,40+/m1/s1. The van der Waals surface area contributed by atoms with Crippen LogP contribution in [0.4, 0.5) is 0 Å². The van der Waals surface area contributed by atoms with Gasteiger partial charge in [-0.1, -0.05) is 0 Å². The van der Waals surface area contributed by atoms with Crippen LogP contribution < -0.4 is 0 Å². The van der Waals surface area contributed by atoms with Crippen molar-refractivity contribution in [2.45, 2.75) is 168 Å². The Morgan fingerprint density at radius 3 is 1.28 bits per heavy atom. The van der Waals surface area contributed by atoms with Crippen molar-refractivity contribution < 1.29 is 129 Å². The van der Waals surface area contributed by atoms with E-state index in [9.17, 15) is 53.1 Å². The zero-order valence-electron chi connectivity index (χ0n) is 38.5. The topological polar surface area (TPSA) is 339 Å². The van der Waals surface area contributed by atoms with E-state index < -0.39 is 178 Å². The van der Waals surface area contributed by atoms with Gasteiger partial charge in [0.1, 0.15) is 38.1 Å². The zero-order valence-corrected chi connectivity index (χ0v) is 38.5. The van der Waals surface area contributed by atoms with Crippen LogP contribution in [-0.2, 0) is 124 Å². The fourth-order valence-electron chi connectivity index (χ4n) is 7.12. The monoisotopic (exact) mass is 968 g/mol. The molecule has 7 unspecified atom stereocenters. The molecule has 0 radical (unpaired) electrons. The van der Waals surface area contributed by atoms with E-state index in [4.69, 9.17) is 75.8 Å². The first kappa shape index (κ1) is 55.7. The number of hydrogen-bond donors (Lipinski definition) is 1. The summed E-state index contributed by atoms with van der Waals surface area (Å²) in [6, 6.07) is 0. The highest BCUT2D eigenvalue weighted by Crippen LogP contribution is 2.42. The minimum atomic E-state index is -2.65. The van der Waals surface area contributed by atoms with Gasteiger partial charge in [-0.05, 0) is 6.92 Å². The molecule has 3 heterocycles. The Bertz CT molecular complexity index is 1820. The fraction of sp³-hybridized carbons (Fsp3) is 0.750. The highest BCUT2D eigenvalue weighted by Gasteiger charge is 2.65. The first-order valence-electron chi connectivity index (χ1n) is 20.5. The summed E-state index contributed by atoms with van der Waals surface area (Å²) in [5.74, 6) is -12.2. The summed E-state index contributed by atoms with van der Waals surface area (Å²) in [7, 11) is 0. The minimum Gasteiger partial charge on any atom is -0.463 e. The Labute approximate surface area is 382 Å². The van der Waals surface area contributed by atoms with E-state index in [0.717, 1.165) is 76.2 Å². The summed E-state index contributed by atoms with van der Waals surface area (Å²) in [5, 5.41) is 10.4. The molecule has 67 heavy (non-hydrogen) atoms. The summed E-state index contributed by atoms with van der Waals surface area (Å²) in [6.07, 6.45) is -24.5. The predicted octanol–water partition coefficient (Wildman–Crippen LogP) is -1.50. The quantitative estimate of drug-likeness (QED) is 0.0824. The lowest BCUT2D eigenvalue weighted by Gasteiger charge is -2.48. The molecule has 0 aromatic rings. The third kappa shape index (κ3) is 16.6. The molecule has 378 valence electrons. The zero-order chi connectivity index (χ0) is 50.5. The van der Waals surface area contributed by atoms with Gasteiger partial charge in [0.25, 0.3) is 0 Å². The van der Waals surface area contributed by atoms with Crippen LogP contribution in [0.1, 0.15) is 76.2 Å². The van der Waals surface area contributed by atoms with Gasteiger partial charge in [0, 0.05) is 69.2 Å². The summed E-state index contributed by atoms with van der Waals surface area (Å²) in [4.78, 5) is 124. The van der Waals surface area contributed by atoms with Gasteiger partial charge in [0.2, 0.25) is 12.1 Å². The molecule has 27 heteroatoms. The normalized spacial score (nSPS) is 31.7. The van der Waals surface area contributed by atoms with Crippen molar-refractivity contribution in [1.82, 2.24) is 0 Å². The summed E-state index contributed by atoms with van der Waals surface area (Å²) < 4.78 is 90.8. The Morgan fingerprint density at radius 1 is 0.448 bits per heavy atom. The van der Waals surface area contributed by atoms with Crippen LogP contribution in [0.2, 0.25) is 0 Å². The third-order valence-electron chi connectivity index (χ3n) is 9.21. The van der Waals surface area contributed by atoms with Crippen molar-refractivity contribution >= 4 is 59.7 Å². The fourth-order valence-corrected chi connectivity index (χ4v) is 7.12. The summed E-state index contributed by atoms with van der Waals surface area (Å²) >= 11 is 0. The van der Waals surface area contributed by atoms with E-state index in [0.29, 0.717) is 0 Å². The molecule has 3 aliphatic heterocycles. The SMILES string of the molecule is CC(=O)OCC1O[C@H](OCC2O[C@@H](O[C@]3(COC(C)=O)O[C@H](COC(C)=O)[C@@H](OC(C)=O)[C@H]3OC(C)=O)C(OC(C)=O)C(OC(C)=O)[C@@H]2OC(C)=O)C(OC(C)O)C(OC(C)=O)[C@H]1OC(C)=O. The molecule has 0 spiro atoms. The van der Waals surface area contributed by atoms with E-state index in [2.05, 4.69) is 0 Å². The van der Waals surface area contributed by atoms with Gasteiger partial charge in [-0.15, -0.1) is 0 Å². The molecule has 0 aromatic carbocycles. The van der Waals surface area contributed by atoms with Crippen LogP contribution in [0.3, 0.4) is 0 Å². The van der Waals surface area contributed by atoms with Crippen LogP contribution in [-0.4, -0.2) is 183 Å². The molecule has 15 atom stereocenters. The molecule has 3 fully saturated rings. The minimum absolute atomic E-state index is 0.627. The Morgan fingerprint density at radius 2 is 0.836 bits per heavy atom. The van der Waals surface area contributed by atoms with Gasteiger partial charge in [-0.3, -0.25) is 47.9 Å². The van der Waals surface area contributed by atoms with Crippen LogP contribution in [0.5, 0.6) is 0 Å². The van der Waals surface area contributed by atoms with Crippen molar-refractivity contribution in [3.63, 3.8) is 0 Å². The molecule has 3 rings (SSSR count). The number of ether oxygens (including phenoxy) is 16. The summed E-state index contributed by atoms with van der Waals surface area (Å²) in [6.45, 7) is 7.87. The van der Waals surface area contributed by atoms with E-state index >= 15 is 0 Å². The van der Waals surface area contributed by atoms with E-state index in [1.54, 1.807) is 0 Å². The van der Waals surface area contributed by atoms with Crippen molar-refractivity contribution in [3.05, 3.63) is 0 Å². The van der Waals surface area contributed by atoms with Gasteiger partial charge in [0.15, 0.2) is 61.4 Å². The van der Waals surface area contributed by atoms with Crippen LogP contribution in [0.25, 0.3) is 0 Å². The van der Waals surface area contributed by atoms with Gasteiger partial charge in [0.05, 0.1) is 6.61 Å². The second kappa shape index (κ2) is 25.0. The molecule has 0 aliphatic carbocycles. The average molecular weight is 969 g/mol. The number of esters is 10. The maximum Gasteiger partial charge on any atom is 0.303 e. The largest absolute Gasteiger partial charge is 0.463 e. The number of aliphatic hydroxyl groups excluding tert-OH is 1. The van der Waals surface area contributed by atoms with Crippen LogP contribution in [0, 0.1) is 0 Å². The van der Waals surface area contributed by atoms with Crippen molar-refractivity contribution in [2.75, 3.05) is 26.4 Å². The number of carbonyl (C=O) groups excluding carboxylic acids is 10. The van der Waals surface area contributed by atoms with Gasteiger partial charge in [-0.2, -0.15) is 0 Å². The molecule has 0 amide bonds. The smallest absolute Gasteiger partial charge is 0.303 e. The molecule has 0 aromatic heterocycles. The lowest BCUT2D eigenvalue weighted by molar-refractivity contribution is -0.389. The number of carbonyl (C=O) groups is 10. The highest BCUT2D eigenvalue weighted by molar-refractivity contribution is 5.70. The summed E-state index contributed by atoms with van der Waals surface area (Å²) in [5.41, 5.74) is 0. The number of hydrogen-bond acceptors (Lipinski definition) is 27. The maximum atomic E-state index is 12.8. The Kier molecular flexibility index (Phi) is 20.8. The second-order valence-electron chi connectivity index (χ2n) is 15.1. The van der Waals surface area contributed by atoms with Crippen LogP contribution in [0.15, 0.2) is 0 Å². The van der Waals surface area contributed by atoms with Gasteiger partial charge < -0.3 is 80.9 Å². The Balaban J connectivity index is 2.28. The van der Waals surface area contributed by atoms with Crippen LogP contribution >= 0.6 is 0 Å². The van der Waals surface area contributed by atoms with E-state index in [1.807, 2.05) is 0 Å². The molecule has 0 bridgehead atoms. The first-order chi connectivity index (χ1) is 31.2. The number of rotatable bonds is 20. The van der Waals surface area contributed by atoms with Crippen molar-refractivity contribution in [3.8, 4) is 0 Å². The predicted molar refractivity (Wildman–Crippen MR) is 207 cm³/mol. The lowest BCUT2D eigenvalue weighted by atomic mass is 9.96. The van der Waals surface area contributed by atoms with Gasteiger partial charge in [-0.25, -0.2) is 0 Å². The second-order valence-corrected chi connectivity index (χ2v) is 15.1. The van der Waals surface area contributed by atoms with Crippen molar-refractivity contribution in [1.29, 1.82) is 0 Å².